The molecule has 1 aromatic heterocycles. The van der Waals surface area contributed by atoms with E-state index in [0.717, 1.165) is 21.2 Å². The van der Waals surface area contributed by atoms with Crippen LogP contribution in [0, 0.1) is 0 Å². The summed E-state index contributed by atoms with van der Waals surface area (Å²) in [4.78, 5) is 0. The van der Waals surface area contributed by atoms with E-state index in [2.05, 4.69) is 62.3 Å². The molecule has 0 aliphatic carbocycles. The van der Waals surface area contributed by atoms with Gasteiger partial charge in [-0.1, -0.05) is 15.9 Å². The Morgan fingerprint density at radius 1 is 1.33 bits per heavy atom. The third kappa shape index (κ3) is 3.36. The first-order valence-corrected chi connectivity index (χ1v) is 7.37. The highest BCUT2D eigenvalue weighted by Gasteiger charge is 2.03. The molecule has 1 heterocycles. The minimum Gasteiger partial charge on any atom is -0.380 e. The molecule has 0 saturated heterocycles. The van der Waals surface area contributed by atoms with Crippen LogP contribution in [0.15, 0.2) is 39.5 Å². The van der Waals surface area contributed by atoms with Gasteiger partial charge in [-0.25, -0.2) is 0 Å². The van der Waals surface area contributed by atoms with Crippen molar-refractivity contribution >= 4 is 37.5 Å². The lowest BCUT2D eigenvalue weighted by molar-refractivity contribution is 0.532. The van der Waals surface area contributed by atoms with Crippen LogP contribution in [-0.2, 0) is 6.54 Å². The zero-order valence-corrected chi connectivity index (χ0v) is 13.5. The molecule has 0 spiro atoms. The van der Waals surface area contributed by atoms with Crippen molar-refractivity contribution in [3.05, 3.63) is 45.1 Å². The number of anilines is 1. The fourth-order valence-corrected chi connectivity index (χ4v) is 2.77. The van der Waals surface area contributed by atoms with E-state index in [-0.39, 0.29) is 0 Å². The van der Waals surface area contributed by atoms with Crippen molar-refractivity contribution in [3.63, 3.8) is 0 Å². The number of aromatic nitrogens is 2. The second-order valence-electron chi connectivity index (χ2n) is 4.40. The second kappa shape index (κ2) is 5.89. The highest BCUT2D eigenvalue weighted by molar-refractivity contribution is 9.11. The van der Waals surface area contributed by atoms with E-state index in [1.54, 1.807) is 0 Å². The molecule has 0 aliphatic heterocycles. The first kappa shape index (κ1) is 13.6. The Morgan fingerprint density at radius 3 is 2.72 bits per heavy atom. The maximum Gasteiger partial charge on any atom is 0.0539 e. The smallest absolute Gasteiger partial charge is 0.0539 e. The van der Waals surface area contributed by atoms with E-state index in [1.807, 2.05) is 29.1 Å². The Hall–Kier alpha value is -0.810. The molecule has 0 radical (unpaired) electrons. The second-order valence-corrected chi connectivity index (χ2v) is 6.17. The Bertz CT molecular complexity index is 535. The summed E-state index contributed by atoms with van der Waals surface area (Å²) in [7, 11) is 0. The molecule has 96 valence electrons. The Balaban J connectivity index is 2.02. The molecule has 1 aromatic carbocycles. The standard InChI is InChI=1S/C13H15Br2N3/c1-9(2)18-8-10(7-17-18)6-16-13-4-3-11(14)5-12(13)15/h3-5,7-9,16H,6H2,1-2H3. The molecule has 18 heavy (non-hydrogen) atoms. The van der Waals surface area contributed by atoms with E-state index < -0.39 is 0 Å². The Labute approximate surface area is 124 Å². The number of benzene rings is 1. The number of rotatable bonds is 4. The molecular weight excluding hydrogens is 358 g/mol. The summed E-state index contributed by atoms with van der Waals surface area (Å²) in [5.74, 6) is 0. The zero-order chi connectivity index (χ0) is 13.1. The van der Waals surface area contributed by atoms with Crippen molar-refractivity contribution in [2.24, 2.45) is 0 Å². The van der Waals surface area contributed by atoms with Gasteiger partial charge in [-0.05, 0) is 48.0 Å². The number of hydrogen-bond acceptors (Lipinski definition) is 2. The minimum atomic E-state index is 0.401. The van der Waals surface area contributed by atoms with Crippen LogP contribution >= 0.6 is 31.9 Å². The van der Waals surface area contributed by atoms with Gasteiger partial charge in [0, 0.05) is 39.0 Å². The van der Waals surface area contributed by atoms with Crippen LogP contribution in [0.2, 0.25) is 0 Å². The molecule has 2 aromatic rings. The van der Waals surface area contributed by atoms with Gasteiger partial charge in [-0.15, -0.1) is 0 Å². The number of nitrogens with zero attached hydrogens (tertiary/aromatic N) is 2. The van der Waals surface area contributed by atoms with E-state index in [1.165, 1.54) is 5.56 Å². The summed E-state index contributed by atoms with van der Waals surface area (Å²) in [6.07, 6.45) is 3.98. The molecule has 0 unspecified atom stereocenters. The van der Waals surface area contributed by atoms with Gasteiger partial charge in [-0.2, -0.15) is 5.10 Å². The lowest BCUT2D eigenvalue weighted by Crippen LogP contribution is -2.01. The maximum absolute atomic E-state index is 4.32. The van der Waals surface area contributed by atoms with Crippen LogP contribution in [0.5, 0.6) is 0 Å². The fraction of sp³-hybridized carbons (Fsp3) is 0.308. The van der Waals surface area contributed by atoms with Gasteiger partial charge in [0.1, 0.15) is 0 Å². The van der Waals surface area contributed by atoms with Crippen molar-refractivity contribution < 1.29 is 0 Å². The average molecular weight is 373 g/mol. The first-order chi connectivity index (χ1) is 8.56. The topological polar surface area (TPSA) is 29.9 Å². The summed E-state index contributed by atoms with van der Waals surface area (Å²) in [6.45, 7) is 5.01. The largest absolute Gasteiger partial charge is 0.380 e. The van der Waals surface area contributed by atoms with Crippen molar-refractivity contribution in [2.45, 2.75) is 26.4 Å². The summed E-state index contributed by atoms with van der Waals surface area (Å²) >= 11 is 6.98. The van der Waals surface area contributed by atoms with E-state index in [0.29, 0.717) is 6.04 Å². The van der Waals surface area contributed by atoms with Crippen LogP contribution in [0.1, 0.15) is 25.5 Å². The van der Waals surface area contributed by atoms with Crippen LogP contribution in [-0.4, -0.2) is 9.78 Å². The summed E-state index contributed by atoms with van der Waals surface area (Å²) < 4.78 is 4.08. The lowest BCUT2D eigenvalue weighted by Gasteiger charge is -2.07. The van der Waals surface area contributed by atoms with Gasteiger partial charge in [0.05, 0.1) is 6.20 Å². The number of nitrogens with one attached hydrogen (secondary N) is 1. The summed E-state index contributed by atoms with van der Waals surface area (Å²) in [5.41, 5.74) is 2.26. The van der Waals surface area contributed by atoms with Gasteiger partial charge in [0.15, 0.2) is 0 Å². The SMILES string of the molecule is CC(C)n1cc(CNc2ccc(Br)cc2Br)cn1. The molecule has 0 amide bonds. The van der Waals surface area contributed by atoms with Crippen LogP contribution in [0.25, 0.3) is 0 Å². The molecule has 2 rings (SSSR count). The van der Waals surface area contributed by atoms with E-state index in [4.69, 9.17) is 0 Å². The molecule has 0 aliphatic rings. The predicted molar refractivity (Wildman–Crippen MR) is 81.8 cm³/mol. The highest BCUT2D eigenvalue weighted by atomic mass is 79.9. The van der Waals surface area contributed by atoms with E-state index in [9.17, 15) is 0 Å². The van der Waals surface area contributed by atoms with Gasteiger partial charge in [0.2, 0.25) is 0 Å². The minimum absolute atomic E-state index is 0.401. The third-order valence-corrected chi connectivity index (χ3v) is 3.75. The van der Waals surface area contributed by atoms with Crippen LogP contribution < -0.4 is 5.32 Å². The molecule has 0 fully saturated rings. The highest BCUT2D eigenvalue weighted by Crippen LogP contribution is 2.26. The first-order valence-electron chi connectivity index (χ1n) is 5.78. The number of hydrogen-bond donors (Lipinski definition) is 1. The molecular formula is C13H15Br2N3. The Morgan fingerprint density at radius 2 is 2.11 bits per heavy atom. The van der Waals surface area contributed by atoms with Crippen LogP contribution in [0.4, 0.5) is 5.69 Å². The molecule has 5 heteroatoms. The normalized spacial score (nSPS) is 10.9. The van der Waals surface area contributed by atoms with Crippen LogP contribution in [0.3, 0.4) is 0 Å². The molecule has 3 nitrogen and oxygen atoms in total. The predicted octanol–water partition coefficient (Wildman–Crippen LogP) is 4.60. The monoisotopic (exact) mass is 371 g/mol. The fourth-order valence-electron chi connectivity index (χ4n) is 1.58. The molecule has 0 bridgehead atoms. The van der Waals surface area contributed by atoms with Crippen molar-refractivity contribution in [1.29, 1.82) is 0 Å². The molecule has 0 saturated carbocycles. The lowest BCUT2D eigenvalue weighted by atomic mass is 10.3. The molecule has 0 atom stereocenters. The summed E-state index contributed by atoms with van der Waals surface area (Å²) in [5, 5.41) is 7.71. The van der Waals surface area contributed by atoms with Crippen molar-refractivity contribution in [2.75, 3.05) is 5.32 Å². The van der Waals surface area contributed by atoms with Gasteiger partial charge >= 0.3 is 0 Å². The van der Waals surface area contributed by atoms with Crippen molar-refractivity contribution in [3.8, 4) is 0 Å². The maximum atomic E-state index is 4.32. The molecule has 1 N–H and O–H groups in total. The number of halogens is 2. The zero-order valence-electron chi connectivity index (χ0n) is 10.3. The van der Waals surface area contributed by atoms with Crippen molar-refractivity contribution in [1.82, 2.24) is 9.78 Å². The quantitative estimate of drug-likeness (QED) is 0.849. The van der Waals surface area contributed by atoms with Gasteiger partial charge < -0.3 is 5.32 Å². The van der Waals surface area contributed by atoms with E-state index >= 15 is 0 Å². The summed E-state index contributed by atoms with van der Waals surface area (Å²) in [6, 6.07) is 6.49. The Kier molecular flexibility index (Phi) is 4.45. The average Bonchev–Trinajstić information content (AvgIpc) is 2.76. The third-order valence-electron chi connectivity index (χ3n) is 2.60. The van der Waals surface area contributed by atoms with Gasteiger partial charge in [0.25, 0.3) is 0 Å². The van der Waals surface area contributed by atoms with Gasteiger partial charge in [-0.3, -0.25) is 4.68 Å².